The zero-order valence-corrected chi connectivity index (χ0v) is 7.22. The van der Waals surface area contributed by atoms with Gasteiger partial charge in [-0.2, -0.15) is 0 Å². The van der Waals surface area contributed by atoms with Gasteiger partial charge in [-0.25, -0.2) is 0 Å². The summed E-state index contributed by atoms with van der Waals surface area (Å²) < 4.78 is 0. The fourth-order valence-corrected chi connectivity index (χ4v) is 1.73. The number of allylic oxidation sites excluding steroid dienone is 4. The maximum absolute atomic E-state index is 2.25. The second-order valence-corrected chi connectivity index (χ2v) is 3.27. The average molecular weight is 170 g/mol. The van der Waals surface area contributed by atoms with Gasteiger partial charge < -0.3 is 9.80 Å². The highest BCUT2D eigenvalue weighted by atomic mass is 15.2. The van der Waals surface area contributed by atoms with Crippen molar-refractivity contribution >= 4 is 0 Å². The summed E-state index contributed by atoms with van der Waals surface area (Å²) in [5.74, 6) is 0. The fourth-order valence-electron chi connectivity index (χ4n) is 1.73. The summed E-state index contributed by atoms with van der Waals surface area (Å²) in [6.45, 7) is 1.00. The minimum absolute atomic E-state index is 1.00. The van der Waals surface area contributed by atoms with Crippen LogP contribution in [0, 0.1) is 0 Å². The van der Waals surface area contributed by atoms with Crippen molar-refractivity contribution in [2.24, 2.45) is 0 Å². The van der Waals surface area contributed by atoms with E-state index in [2.05, 4.69) is 52.7 Å². The van der Waals surface area contributed by atoms with Crippen LogP contribution in [0.2, 0.25) is 0 Å². The summed E-state index contributed by atoms with van der Waals surface area (Å²) in [6.07, 6.45) is 16.9. The van der Waals surface area contributed by atoms with Gasteiger partial charge in [-0.15, -0.1) is 0 Å². The number of nitrogens with zero attached hydrogens (tertiary/aromatic N) is 2. The Morgan fingerprint density at radius 3 is 3.00 bits per heavy atom. The molecule has 0 N–H and O–H groups in total. The van der Waals surface area contributed by atoms with Gasteiger partial charge in [-0.3, -0.25) is 0 Å². The number of rotatable bonds is 0. The molecular weight excluding hydrogens is 160 g/mol. The summed E-state index contributed by atoms with van der Waals surface area (Å²) >= 11 is 0. The average Bonchev–Trinajstić information content (AvgIpc) is 2.61. The van der Waals surface area contributed by atoms with Crippen LogP contribution in [0.15, 0.2) is 60.4 Å². The van der Waals surface area contributed by atoms with Gasteiger partial charge in [0.1, 0.15) is 0 Å². The molecule has 0 radical (unpaired) electrons. The number of hydrogen-bond acceptors (Lipinski definition) is 2. The van der Waals surface area contributed by atoms with Gasteiger partial charge >= 0.3 is 0 Å². The lowest BCUT2D eigenvalue weighted by molar-refractivity contribution is 0.478. The van der Waals surface area contributed by atoms with Gasteiger partial charge in [-0.1, -0.05) is 12.2 Å². The third-order valence-corrected chi connectivity index (χ3v) is 2.40. The Kier molecular flexibility index (Phi) is 1.25. The molecule has 3 aliphatic rings. The van der Waals surface area contributed by atoms with Crippen LogP contribution in [0.5, 0.6) is 0 Å². The molecule has 0 saturated heterocycles. The highest BCUT2D eigenvalue weighted by molar-refractivity contribution is 5.38. The molecule has 0 aromatic rings. The molecule has 0 bridgehead atoms. The lowest BCUT2D eigenvalue weighted by atomic mass is 10.2. The zero-order chi connectivity index (χ0) is 8.67. The molecule has 0 atom stereocenters. The van der Waals surface area contributed by atoms with Gasteiger partial charge in [0.25, 0.3) is 0 Å². The van der Waals surface area contributed by atoms with E-state index in [-0.39, 0.29) is 0 Å². The van der Waals surface area contributed by atoms with Crippen LogP contribution in [-0.2, 0) is 0 Å². The zero-order valence-electron chi connectivity index (χ0n) is 7.22. The van der Waals surface area contributed by atoms with Crippen molar-refractivity contribution in [3.8, 4) is 0 Å². The Bertz CT molecular complexity index is 383. The molecule has 0 aliphatic carbocycles. The molecule has 0 spiro atoms. The summed E-state index contributed by atoms with van der Waals surface area (Å²) in [4.78, 5) is 4.39. The van der Waals surface area contributed by atoms with Crippen LogP contribution in [0.4, 0.5) is 0 Å². The normalized spacial score (nSPS) is 22.8. The summed E-state index contributed by atoms with van der Waals surface area (Å²) in [6, 6.07) is 0. The number of fused-ring (bicyclic) bond motifs is 2. The van der Waals surface area contributed by atoms with Crippen molar-refractivity contribution in [3.63, 3.8) is 0 Å². The molecule has 3 heterocycles. The molecule has 0 amide bonds. The Labute approximate surface area is 77.4 Å². The fraction of sp³-hybridized carbons (Fsp3) is 0.0909. The molecule has 0 aromatic heterocycles. The predicted octanol–water partition coefficient (Wildman–Crippen LogP) is 1.94. The smallest absolute Gasteiger partial charge is 0.0613 e. The molecule has 2 heteroatoms. The number of hydrogen-bond donors (Lipinski definition) is 0. The van der Waals surface area contributed by atoms with Crippen molar-refractivity contribution < 1.29 is 0 Å². The Balaban J connectivity index is 2.04. The second kappa shape index (κ2) is 2.39. The summed E-state index contributed by atoms with van der Waals surface area (Å²) in [5.41, 5.74) is 2.50. The van der Waals surface area contributed by atoms with Crippen LogP contribution in [0.25, 0.3) is 0 Å². The second-order valence-electron chi connectivity index (χ2n) is 3.27. The SMILES string of the molecule is C1=CC2=CN3CC=CC3=CN2C=C1. The molecule has 0 saturated carbocycles. The van der Waals surface area contributed by atoms with Crippen molar-refractivity contribution in [3.05, 3.63) is 60.4 Å². The van der Waals surface area contributed by atoms with E-state index in [1.165, 1.54) is 11.4 Å². The molecule has 0 fully saturated rings. The van der Waals surface area contributed by atoms with Crippen molar-refractivity contribution in [2.75, 3.05) is 6.54 Å². The highest BCUT2D eigenvalue weighted by Crippen LogP contribution is 2.25. The van der Waals surface area contributed by atoms with Gasteiger partial charge in [0.2, 0.25) is 0 Å². The molecule has 3 aliphatic heterocycles. The summed E-state index contributed by atoms with van der Waals surface area (Å²) in [5, 5.41) is 0. The third-order valence-electron chi connectivity index (χ3n) is 2.40. The molecule has 13 heavy (non-hydrogen) atoms. The van der Waals surface area contributed by atoms with E-state index in [0.717, 1.165) is 6.54 Å². The molecular formula is C11H10N2. The van der Waals surface area contributed by atoms with E-state index in [1.807, 2.05) is 6.08 Å². The van der Waals surface area contributed by atoms with E-state index in [4.69, 9.17) is 0 Å². The first-order chi connectivity index (χ1) is 6.43. The van der Waals surface area contributed by atoms with E-state index in [0.29, 0.717) is 0 Å². The van der Waals surface area contributed by atoms with Crippen molar-refractivity contribution in [1.82, 2.24) is 9.80 Å². The molecule has 0 unspecified atom stereocenters. The van der Waals surface area contributed by atoms with Crippen LogP contribution in [0.3, 0.4) is 0 Å². The Hall–Kier alpha value is -1.70. The maximum atomic E-state index is 2.25. The van der Waals surface area contributed by atoms with Crippen molar-refractivity contribution in [1.29, 1.82) is 0 Å². The minimum atomic E-state index is 1.00. The quantitative estimate of drug-likeness (QED) is 0.548. The van der Waals surface area contributed by atoms with Gasteiger partial charge in [-0.05, 0) is 18.2 Å². The first kappa shape index (κ1) is 6.78. The standard InChI is InChI=1S/C11H10N2/c1-2-6-12-9-11-5-3-7-13(11)8-10(12)4-1/h1-6,8-9H,7H2. The van der Waals surface area contributed by atoms with Gasteiger partial charge in [0, 0.05) is 25.1 Å². The van der Waals surface area contributed by atoms with Gasteiger partial charge in [0.05, 0.1) is 11.4 Å². The Morgan fingerprint density at radius 2 is 2.00 bits per heavy atom. The summed E-state index contributed by atoms with van der Waals surface area (Å²) in [7, 11) is 0. The van der Waals surface area contributed by atoms with E-state index < -0.39 is 0 Å². The molecule has 3 rings (SSSR count). The van der Waals surface area contributed by atoms with Crippen LogP contribution in [-0.4, -0.2) is 16.3 Å². The Morgan fingerprint density at radius 1 is 1.00 bits per heavy atom. The van der Waals surface area contributed by atoms with Crippen LogP contribution >= 0.6 is 0 Å². The monoisotopic (exact) mass is 170 g/mol. The van der Waals surface area contributed by atoms with E-state index >= 15 is 0 Å². The first-order valence-corrected chi connectivity index (χ1v) is 4.43. The molecule has 64 valence electrons. The largest absolute Gasteiger partial charge is 0.341 e. The van der Waals surface area contributed by atoms with E-state index in [9.17, 15) is 0 Å². The van der Waals surface area contributed by atoms with E-state index in [1.54, 1.807) is 0 Å². The minimum Gasteiger partial charge on any atom is -0.341 e. The third kappa shape index (κ3) is 0.952. The lowest BCUT2D eigenvalue weighted by Crippen LogP contribution is -2.23. The predicted molar refractivity (Wildman–Crippen MR) is 52.1 cm³/mol. The maximum Gasteiger partial charge on any atom is 0.0613 e. The topological polar surface area (TPSA) is 6.48 Å². The van der Waals surface area contributed by atoms with Gasteiger partial charge in [0.15, 0.2) is 0 Å². The molecule has 2 nitrogen and oxygen atoms in total. The first-order valence-electron chi connectivity index (χ1n) is 4.43. The highest BCUT2D eigenvalue weighted by Gasteiger charge is 2.17. The van der Waals surface area contributed by atoms with Crippen LogP contribution < -0.4 is 0 Å². The molecule has 0 aromatic carbocycles. The van der Waals surface area contributed by atoms with Crippen molar-refractivity contribution in [2.45, 2.75) is 0 Å². The van der Waals surface area contributed by atoms with Crippen LogP contribution in [0.1, 0.15) is 0 Å². The lowest BCUT2D eigenvalue weighted by Gasteiger charge is -2.29.